The van der Waals surface area contributed by atoms with Crippen molar-refractivity contribution in [2.75, 3.05) is 31.2 Å². The molecule has 0 bridgehead atoms. The number of pyridine rings is 1. The van der Waals surface area contributed by atoms with E-state index in [0.29, 0.717) is 42.2 Å². The van der Waals surface area contributed by atoms with Crippen molar-refractivity contribution in [2.45, 2.75) is 6.92 Å². The maximum Gasteiger partial charge on any atom is 0.272 e. The lowest BCUT2D eigenvalue weighted by atomic mass is 10.2. The lowest BCUT2D eigenvalue weighted by Gasteiger charge is -2.26. The second-order valence-corrected chi connectivity index (χ2v) is 6.36. The Morgan fingerprint density at radius 1 is 1.04 bits per heavy atom. The lowest BCUT2D eigenvalue weighted by molar-refractivity contribution is 0.122. The van der Waals surface area contributed by atoms with Crippen molar-refractivity contribution < 1.29 is 4.74 Å². The van der Waals surface area contributed by atoms with Crippen LogP contribution in [0.3, 0.4) is 0 Å². The van der Waals surface area contributed by atoms with Crippen LogP contribution in [-0.4, -0.2) is 66.1 Å². The molecule has 0 aliphatic carbocycles. The van der Waals surface area contributed by atoms with E-state index >= 15 is 0 Å². The van der Waals surface area contributed by atoms with Gasteiger partial charge in [-0.2, -0.15) is 9.50 Å². The molecule has 1 saturated heterocycles. The fourth-order valence-corrected chi connectivity index (χ4v) is 3.11. The van der Waals surface area contributed by atoms with Gasteiger partial charge in [-0.3, -0.25) is 4.98 Å². The van der Waals surface area contributed by atoms with Crippen molar-refractivity contribution in [2.24, 2.45) is 0 Å². The van der Waals surface area contributed by atoms with E-state index in [4.69, 9.17) is 4.74 Å². The number of morpholine rings is 1. The van der Waals surface area contributed by atoms with Gasteiger partial charge in [0, 0.05) is 37.2 Å². The second-order valence-electron chi connectivity index (χ2n) is 6.36. The Labute approximate surface area is 160 Å². The van der Waals surface area contributed by atoms with Crippen molar-refractivity contribution in [1.82, 2.24) is 39.7 Å². The molecule has 1 aliphatic rings. The molecule has 0 saturated carbocycles. The standard InChI is InChI=1S/C18H17N9O/c1-12-15(14-4-6-20-17(21-14)26-7-9-28-10-8-26)23-24-18-22-16(25-27(12)18)13-3-2-5-19-11-13/h2-6,11H,7-10H2,1H3. The summed E-state index contributed by atoms with van der Waals surface area (Å²) in [5.41, 5.74) is 2.97. The summed E-state index contributed by atoms with van der Waals surface area (Å²) in [6, 6.07) is 5.58. The van der Waals surface area contributed by atoms with E-state index < -0.39 is 0 Å². The van der Waals surface area contributed by atoms with Gasteiger partial charge in [-0.25, -0.2) is 9.97 Å². The normalized spacial score (nSPS) is 14.5. The van der Waals surface area contributed by atoms with Gasteiger partial charge in [-0.05, 0) is 25.1 Å². The van der Waals surface area contributed by atoms with Gasteiger partial charge in [0.2, 0.25) is 5.95 Å². The average Bonchev–Trinajstić information content (AvgIpc) is 3.21. The summed E-state index contributed by atoms with van der Waals surface area (Å²) in [4.78, 5) is 19.7. The average molecular weight is 375 g/mol. The Morgan fingerprint density at radius 2 is 1.93 bits per heavy atom. The first kappa shape index (κ1) is 16.6. The van der Waals surface area contributed by atoms with Gasteiger partial charge in [0.25, 0.3) is 5.78 Å². The van der Waals surface area contributed by atoms with Crippen LogP contribution < -0.4 is 4.90 Å². The Balaban J connectivity index is 1.55. The largest absolute Gasteiger partial charge is 0.378 e. The maximum absolute atomic E-state index is 5.40. The van der Waals surface area contributed by atoms with Crippen LogP contribution in [0.1, 0.15) is 5.69 Å². The minimum absolute atomic E-state index is 0.433. The number of hydrogen-bond acceptors (Lipinski definition) is 9. The zero-order valence-electron chi connectivity index (χ0n) is 15.2. The number of rotatable bonds is 3. The van der Waals surface area contributed by atoms with E-state index in [2.05, 4.69) is 40.1 Å². The van der Waals surface area contributed by atoms with Crippen LogP contribution in [0.25, 0.3) is 28.6 Å². The molecule has 0 spiro atoms. The van der Waals surface area contributed by atoms with Gasteiger partial charge in [0.1, 0.15) is 5.69 Å². The van der Waals surface area contributed by atoms with Gasteiger partial charge in [-0.1, -0.05) is 0 Å². The number of aryl methyl sites for hydroxylation is 1. The summed E-state index contributed by atoms with van der Waals surface area (Å²) in [6.45, 7) is 4.81. The van der Waals surface area contributed by atoms with E-state index in [1.165, 1.54) is 0 Å². The number of anilines is 1. The molecule has 10 nitrogen and oxygen atoms in total. The van der Waals surface area contributed by atoms with Crippen molar-refractivity contribution in [3.8, 4) is 22.8 Å². The second kappa shape index (κ2) is 6.89. The molecule has 5 heterocycles. The zero-order chi connectivity index (χ0) is 18.9. The third-order valence-corrected chi connectivity index (χ3v) is 4.59. The van der Waals surface area contributed by atoms with Crippen LogP contribution in [0.15, 0.2) is 36.8 Å². The van der Waals surface area contributed by atoms with Gasteiger partial charge >= 0.3 is 0 Å². The molecule has 4 aromatic heterocycles. The Morgan fingerprint density at radius 3 is 2.75 bits per heavy atom. The summed E-state index contributed by atoms with van der Waals surface area (Å²) in [7, 11) is 0. The molecule has 0 radical (unpaired) electrons. The first-order valence-electron chi connectivity index (χ1n) is 8.96. The van der Waals surface area contributed by atoms with Crippen LogP contribution in [0.2, 0.25) is 0 Å². The van der Waals surface area contributed by atoms with Crippen LogP contribution in [0.5, 0.6) is 0 Å². The van der Waals surface area contributed by atoms with Gasteiger partial charge in [0.05, 0.1) is 24.6 Å². The smallest absolute Gasteiger partial charge is 0.272 e. The molecule has 0 amide bonds. The third-order valence-electron chi connectivity index (χ3n) is 4.59. The topological polar surface area (TPSA) is 107 Å². The SMILES string of the molecule is Cc1c(-c2ccnc(N3CCOCC3)n2)nnc2nc(-c3cccnc3)nn12. The number of nitrogens with zero attached hydrogens (tertiary/aromatic N) is 9. The number of ether oxygens (including phenoxy) is 1. The first-order chi connectivity index (χ1) is 13.8. The van der Waals surface area contributed by atoms with Crippen LogP contribution in [0, 0.1) is 6.92 Å². The Bertz CT molecular complexity index is 1120. The molecule has 1 fully saturated rings. The molecule has 5 rings (SSSR count). The van der Waals surface area contributed by atoms with Gasteiger partial charge in [-0.15, -0.1) is 15.3 Å². The molecule has 28 heavy (non-hydrogen) atoms. The highest BCUT2D eigenvalue weighted by molar-refractivity contribution is 5.60. The number of hydrogen-bond donors (Lipinski definition) is 0. The quantitative estimate of drug-likeness (QED) is 0.521. The lowest BCUT2D eigenvalue weighted by Crippen LogP contribution is -2.37. The van der Waals surface area contributed by atoms with E-state index in [9.17, 15) is 0 Å². The molecule has 0 atom stereocenters. The van der Waals surface area contributed by atoms with Gasteiger partial charge in [0.15, 0.2) is 5.82 Å². The summed E-state index contributed by atoms with van der Waals surface area (Å²) in [6.07, 6.45) is 5.17. The zero-order valence-corrected chi connectivity index (χ0v) is 15.2. The monoisotopic (exact) mass is 375 g/mol. The minimum atomic E-state index is 0.433. The molecule has 0 aromatic carbocycles. The molecule has 4 aromatic rings. The number of fused-ring (bicyclic) bond motifs is 1. The summed E-state index contributed by atoms with van der Waals surface area (Å²) in [5.74, 6) is 1.65. The van der Waals surface area contributed by atoms with Crippen molar-refractivity contribution >= 4 is 11.7 Å². The highest BCUT2D eigenvalue weighted by Gasteiger charge is 2.18. The van der Waals surface area contributed by atoms with Crippen LogP contribution in [0.4, 0.5) is 5.95 Å². The highest BCUT2D eigenvalue weighted by Crippen LogP contribution is 2.22. The van der Waals surface area contributed by atoms with Crippen molar-refractivity contribution in [1.29, 1.82) is 0 Å². The molecular formula is C18H17N9O. The first-order valence-corrected chi connectivity index (χ1v) is 8.96. The Hall–Kier alpha value is -3.53. The fourth-order valence-electron chi connectivity index (χ4n) is 3.11. The van der Waals surface area contributed by atoms with Crippen molar-refractivity contribution in [3.63, 3.8) is 0 Å². The molecule has 10 heteroatoms. The maximum atomic E-state index is 5.40. The van der Waals surface area contributed by atoms with Crippen LogP contribution >= 0.6 is 0 Å². The predicted octanol–water partition coefficient (Wildman–Crippen LogP) is 1.18. The predicted molar refractivity (Wildman–Crippen MR) is 101 cm³/mol. The summed E-state index contributed by atoms with van der Waals surface area (Å²) >= 11 is 0. The molecule has 0 N–H and O–H groups in total. The minimum Gasteiger partial charge on any atom is -0.378 e. The van der Waals surface area contributed by atoms with E-state index in [1.807, 2.05) is 25.1 Å². The van der Waals surface area contributed by atoms with E-state index in [0.717, 1.165) is 24.3 Å². The molecule has 1 aliphatic heterocycles. The van der Waals surface area contributed by atoms with Crippen molar-refractivity contribution in [3.05, 3.63) is 42.5 Å². The fraction of sp³-hybridized carbons (Fsp3) is 0.278. The van der Waals surface area contributed by atoms with Crippen LogP contribution in [-0.2, 0) is 4.74 Å². The Kier molecular flexibility index (Phi) is 4.09. The highest BCUT2D eigenvalue weighted by atomic mass is 16.5. The summed E-state index contributed by atoms with van der Waals surface area (Å²) < 4.78 is 7.08. The summed E-state index contributed by atoms with van der Waals surface area (Å²) in [5, 5.41) is 13.2. The molecular weight excluding hydrogens is 358 g/mol. The van der Waals surface area contributed by atoms with E-state index in [1.54, 1.807) is 23.1 Å². The van der Waals surface area contributed by atoms with E-state index in [-0.39, 0.29) is 0 Å². The van der Waals surface area contributed by atoms with Gasteiger partial charge < -0.3 is 9.64 Å². The number of aromatic nitrogens is 8. The molecule has 140 valence electrons. The molecule has 0 unspecified atom stereocenters. The third kappa shape index (κ3) is 2.93.